The number of nitrogens with zero attached hydrogens (tertiary/aromatic N) is 2. The molecule has 184 valence electrons. The second-order valence-corrected chi connectivity index (χ2v) is 9.33. The molecule has 0 spiro atoms. The van der Waals surface area contributed by atoms with Crippen LogP contribution in [0.15, 0.2) is 42.5 Å². The molecule has 0 saturated heterocycles. The third kappa shape index (κ3) is 6.17. The average Bonchev–Trinajstić information content (AvgIpc) is 3.00. The van der Waals surface area contributed by atoms with E-state index in [0.717, 1.165) is 24.0 Å². The summed E-state index contributed by atoms with van der Waals surface area (Å²) in [6.07, 6.45) is 1.78. The van der Waals surface area contributed by atoms with Gasteiger partial charge in [0.05, 0.1) is 18.7 Å². The molecule has 0 aliphatic carbocycles. The molecule has 0 saturated carbocycles. The highest BCUT2D eigenvalue weighted by Gasteiger charge is 2.24. The lowest BCUT2D eigenvalue weighted by atomic mass is 9.94. The van der Waals surface area contributed by atoms with Crippen LogP contribution in [0.1, 0.15) is 84.2 Å². The minimum Gasteiger partial charge on any atom is -0.491 e. The van der Waals surface area contributed by atoms with E-state index in [-0.39, 0.29) is 24.3 Å². The van der Waals surface area contributed by atoms with E-state index >= 15 is 0 Å². The summed E-state index contributed by atoms with van der Waals surface area (Å²) >= 11 is 0. The van der Waals surface area contributed by atoms with Crippen molar-refractivity contribution < 1.29 is 19.4 Å². The Balaban J connectivity index is 1.62. The minimum atomic E-state index is -0.0954. The van der Waals surface area contributed by atoms with E-state index in [1.165, 1.54) is 5.56 Å². The molecule has 0 radical (unpaired) electrons. The molecule has 1 heterocycles. The van der Waals surface area contributed by atoms with Gasteiger partial charge in [0.15, 0.2) is 0 Å². The molecular weight excluding hydrogens is 428 g/mol. The van der Waals surface area contributed by atoms with Crippen molar-refractivity contribution >= 4 is 11.8 Å². The lowest BCUT2D eigenvalue weighted by molar-refractivity contribution is 0.0719. The van der Waals surface area contributed by atoms with Crippen molar-refractivity contribution in [3.63, 3.8) is 0 Å². The quantitative estimate of drug-likeness (QED) is 0.552. The van der Waals surface area contributed by atoms with Crippen molar-refractivity contribution in [1.82, 2.24) is 9.80 Å². The van der Waals surface area contributed by atoms with Crippen LogP contribution in [0.25, 0.3) is 0 Å². The summed E-state index contributed by atoms with van der Waals surface area (Å²) in [6, 6.07) is 13.8. The van der Waals surface area contributed by atoms with E-state index < -0.39 is 0 Å². The first-order valence-electron chi connectivity index (χ1n) is 12.4. The first-order chi connectivity index (χ1) is 16.3. The predicted molar refractivity (Wildman–Crippen MR) is 135 cm³/mol. The van der Waals surface area contributed by atoms with Gasteiger partial charge in [-0.3, -0.25) is 9.59 Å². The molecule has 1 N–H and O–H groups in total. The Morgan fingerprint density at radius 2 is 1.94 bits per heavy atom. The van der Waals surface area contributed by atoms with Crippen LogP contribution in [0.2, 0.25) is 0 Å². The molecule has 2 aromatic carbocycles. The minimum absolute atomic E-state index is 0.0639. The smallest absolute Gasteiger partial charge is 0.257 e. The van der Waals surface area contributed by atoms with Crippen molar-refractivity contribution in [3.8, 4) is 5.75 Å². The fraction of sp³-hybridized carbons (Fsp3) is 0.500. The van der Waals surface area contributed by atoms with Crippen molar-refractivity contribution in [3.05, 3.63) is 64.7 Å². The summed E-state index contributed by atoms with van der Waals surface area (Å²) in [5, 5.41) is 9.27. The van der Waals surface area contributed by atoms with Gasteiger partial charge in [0.1, 0.15) is 12.4 Å². The lowest BCUT2D eigenvalue weighted by Gasteiger charge is -2.23. The Bertz CT molecular complexity index is 988. The molecule has 1 aliphatic rings. The molecule has 1 unspecified atom stereocenters. The van der Waals surface area contributed by atoms with Crippen LogP contribution < -0.4 is 4.74 Å². The number of aliphatic hydroxyl groups excluding tert-OH is 1. The number of aliphatic hydroxyl groups is 1. The van der Waals surface area contributed by atoms with Gasteiger partial charge in [-0.2, -0.15) is 0 Å². The SMILES string of the molecule is CCN(CCCC(C)c1ccc2c(c1)C(=O)N(CCO)CCO2)C(=O)c1cccc(C(C)C)c1. The van der Waals surface area contributed by atoms with E-state index in [9.17, 15) is 14.7 Å². The van der Waals surface area contributed by atoms with Crippen molar-refractivity contribution in [2.24, 2.45) is 0 Å². The fourth-order valence-corrected chi connectivity index (χ4v) is 4.39. The van der Waals surface area contributed by atoms with Gasteiger partial charge >= 0.3 is 0 Å². The second kappa shape index (κ2) is 12.0. The number of hydrogen-bond acceptors (Lipinski definition) is 4. The third-order valence-electron chi connectivity index (χ3n) is 6.61. The molecule has 2 amide bonds. The molecule has 1 aliphatic heterocycles. The van der Waals surface area contributed by atoms with Gasteiger partial charge in [-0.1, -0.05) is 39.0 Å². The van der Waals surface area contributed by atoms with E-state index in [2.05, 4.69) is 26.8 Å². The van der Waals surface area contributed by atoms with Gasteiger partial charge in [0.25, 0.3) is 11.8 Å². The van der Waals surface area contributed by atoms with Crippen LogP contribution in [0.3, 0.4) is 0 Å². The Morgan fingerprint density at radius 3 is 2.65 bits per heavy atom. The molecular formula is C28H38N2O4. The number of carbonyl (C=O) groups excluding carboxylic acids is 2. The van der Waals surface area contributed by atoms with Crippen molar-refractivity contribution in [2.45, 2.75) is 52.4 Å². The summed E-state index contributed by atoms with van der Waals surface area (Å²) in [4.78, 5) is 29.5. The molecule has 2 aromatic rings. The Labute approximate surface area is 203 Å². The number of carbonyl (C=O) groups is 2. The van der Waals surface area contributed by atoms with E-state index in [0.29, 0.717) is 50.0 Å². The Kier molecular flexibility index (Phi) is 9.11. The van der Waals surface area contributed by atoms with E-state index in [1.54, 1.807) is 4.90 Å². The highest BCUT2D eigenvalue weighted by molar-refractivity contribution is 5.97. The molecule has 0 bridgehead atoms. The maximum absolute atomic E-state index is 13.1. The monoisotopic (exact) mass is 466 g/mol. The van der Waals surface area contributed by atoms with Crippen LogP contribution in [-0.2, 0) is 0 Å². The summed E-state index contributed by atoms with van der Waals surface area (Å²) in [5.74, 6) is 1.22. The highest BCUT2D eigenvalue weighted by Crippen LogP contribution is 2.29. The largest absolute Gasteiger partial charge is 0.491 e. The van der Waals surface area contributed by atoms with Crippen LogP contribution in [0.5, 0.6) is 5.75 Å². The van der Waals surface area contributed by atoms with Gasteiger partial charge in [0, 0.05) is 25.2 Å². The second-order valence-electron chi connectivity index (χ2n) is 9.33. The molecule has 1 atom stereocenters. The number of benzene rings is 2. The Hall–Kier alpha value is -2.86. The zero-order valence-corrected chi connectivity index (χ0v) is 20.9. The number of fused-ring (bicyclic) bond motifs is 1. The number of hydrogen-bond donors (Lipinski definition) is 1. The first-order valence-corrected chi connectivity index (χ1v) is 12.4. The van der Waals surface area contributed by atoms with E-state index in [1.807, 2.05) is 48.2 Å². The zero-order valence-electron chi connectivity index (χ0n) is 20.9. The van der Waals surface area contributed by atoms with Crippen LogP contribution in [-0.4, -0.2) is 66.1 Å². The predicted octanol–water partition coefficient (Wildman–Crippen LogP) is 4.68. The zero-order chi connectivity index (χ0) is 24.7. The first kappa shape index (κ1) is 25.8. The molecule has 0 aromatic heterocycles. The Morgan fingerprint density at radius 1 is 1.15 bits per heavy atom. The van der Waals surface area contributed by atoms with Crippen molar-refractivity contribution in [2.75, 3.05) is 39.4 Å². The molecule has 34 heavy (non-hydrogen) atoms. The lowest BCUT2D eigenvalue weighted by Crippen LogP contribution is -2.34. The molecule has 6 nitrogen and oxygen atoms in total. The van der Waals surface area contributed by atoms with Gasteiger partial charge < -0.3 is 19.6 Å². The number of amides is 2. The number of rotatable bonds is 10. The van der Waals surface area contributed by atoms with E-state index in [4.69, 9.17) is 4.74 Å². The highest BCUT2D eigenvalue weighted by atomic mass is 16.5. The van der Waals surface area contributed by atoms with Crippen molar-refractivity contribution in [1.29, 1.82) is 0 Å². The standard InChI is InChI=1S/C28H38N2O4/c1-5-29(27(32)24-10-6-9-22(18-24)20(2)3)13-7-8-21(4)23-11-12-26-25(19-23)28(33)30(14-16-31)15-17-34-26/h6,9-12,18-21,31H,5,7-8,13-17H2,1-4H3. The maximum Gasteiger partial charge on any atom is 0.257 e. The van der Waals surface area contributed by atoms with Gasteiger partial charge in [0.2, 0.25) is 0 Å². The summed E-state index contributed by atoms with van der Waals surface area (Å²) in [5.41, 5.74) is 3.57. The van der Waals surface area contributed by atoms with Crippen LogP contribution in [0, 0.1) is 0 Å². The van der Waals surface area contributed by atoms with Crippen LogP contribution in [0.4, 0.5) is 0 Å². The van der Waals surface area contributed by atoms with Crippen LogP contribution >= 0.6 is 0 Å². The number of ether oxygens (including phenoxy) is 1. The normalized spacial score (nSPS) is 14.4. The number of β-amino-alcohol motifs (C(OH)–C–C–N with tert-alkyl or cyclic N) is 1. The van der Waals surface area contributed by atoms with Gasteiger partial charge in [-0.05, 0) is 67.0 Å². The molecule has 3 rings (SSSR count). The van der Waals surface area contributed by atoms with Gasteiger partial charge in [-0.15, -0.1) is 0 Å². The average molecular weight is 467 g/mol. The topological polar surface area (TPSA) is 70.1 Å². The molecule has 6 heteroatoms. The maximum atomic E-state index is 13.1. The summed E-state index contributed by atoms with van der Waals surface area (Å²) in [6.45, 7) is 10.9. The molecule has 0 fully saturated rings. The summed E-state index contributed by atoms with van der Waals surface area (Å²) < 4.78 is 5.76. The summed E-state index contributed by atoms with van der Waals surface area (Å²) in [7, 11) is 0. The van der Waals surface area contributed by atoms with Gasteiger partial charge in [-0.25, -0.2) is 0 Å². The fourth-order valence-electron chi connectivity index (χ4n) is 4.39. The third-order valence-corrected chi connectivity index (χ3v) is 6.61.